The quantitative estimate of drug-likeness (QED) is 0.698. The van der Waals surface area contributed by atoms with E-state index in [1.54, 1.807) is 42.1 Å². The Labute approximate surface area is 133 Å². The fraction of sp³-hybridized carbons (Fsp3) is 0.111. The average Bonchev–Trinajstić information content (AvgIpc) is 3.03. The molecule has 3 rings (SSSR count). The van der Waals surface area contributed by atoms with E-state index < -0.39 is 5.97 Å². The van der Waals surface area contributed by atoms with Gasteiger partial charge in [0.25, 0.3) is 5.91 Å². The van der Waals surface area contributed by atoms with Crippen LogP contribution >= 0.6 is 0 Å². The van der Waals surface area contributed by atoms with Gasteiger partial charge >= 0.3 is 5.97 Å². The summed E-state index contributed by atoms with van der Waals surface area (Å²) in [4.78, 5) is 24.3. The smallest absolute Gasteiger partial charge is 0.337 e. The third kappa shape index (κ3) is 2.68. The first-order valence-corrected chi connectivity index (χ1v) is 7.02. The molecular formula is C18H15NO4. The summed E-state index contributed by atoms with van der Waals surface area (Å²) >= 11 is 0. The highest BCUT2D eigenvalue weighted by Gasteiger charge is 2.14. The number of nitrogens with zero attached hydrogens (tertiary/aromatic N) is 1. The molecule has 2 aromatic carbocycles. The molecule has 5 heteroatoms. The zero-order valence-corrected chi connectivity index (χ0v) is 12.8. The van der Waals surface area contributed by atoms with Crippen LogP contribution in [0.3, 0.4) is 0 Å². The van der Waals surface area contributed by atoms with Crippen LogP contribution in [-0.2, 0) is 4.74 Å². The SMILES string of the molecule is COC(=O)c1cccc(C(=O)n2ccc3cc(OC)ccc32)c1. The minimum Gasteiger partial charge on any atom is -0.497 e. The molecular weight excluding hydrogens is 294 g/mol. The van der Waals surface area contributed by atoms with Gasteiger partial charge in [-0.1, -0.05) is 6.07 Å². The second-order valence-electron chi connectivity index (χ2n) is 4.99. The summed E-state index contributed by atoms with van der Waals surface area (Å²) in [5, 5.41) is 0.904. The highest BCUT2D eigenvalue weighted by Crippen LogP contribution is 2.23. The normalized spacial score (nSPS) is 10.5. The summed E-state index contributed by atoms with van der Waals surface area (Å²) in [6, 6.07) is 13.8. The number of esters is 1. The molecule has 0 amide bonds. The van der Waals surface area contributed by atoms with Crippen LogP contribution in [0, 0.1) is 0 Å². The van der Waals surface area contributed by atoms with Crippen molar-refractivity contribution in [2.75, 3.05) is 14.2 Å². The second kappa shape index (κ2) is 5.96. The van der Waals surface area contributed by atoms with Crippen LogP contribution in [0.2, 0.25) is 0 Å². The molecule has 0 saturated carbocycles. The minimum atomic E-state index is -0.471. The Morgan fingerprint density at radius 2 is 1.74 bits per heavy atom. The van der Waals surface area contributed by atoms with Crippen molar-refractivity contribution in [3.63, 3.8) is 0 Å². The maximum absolute atomic E-state index is 12.7. The molecule has 3 aromatic rings. The summed E-state index contributed by atoms with van der Waals surface area (Å²) in [6.45, 7) is 0. The molecule has 0 fully saturated rings. The molecule has 0 N–H and O–H groups in total. The van der Waals surface area contributed by atoms with E-state index >= 15 is 0 Å². The van der Waals surface area contributed by atoms with Crippen molar-refractivity contribution in [1.82, 2.24) is 4.57 Å². The molecule has 0 atom stereocenters. The highest BCUT2D eigenvalue weighted by atomic mass is 16.5. The van der Waals surface area contributed by atoms with E-state index in [1.165, 1.54) is 13.2 Å². The Morgan fingerprint density at radius 3 is 2.48 bits per heavy atom. The fourth-order valence-corrected chi connectivity index (χ4v) is 2.46. The third-order valence-corrected chi connectivity index (χ3v) is 3.65. The Bertz CT molecular complexity index is 895. The Hall–Kier alpha value is -3.08. The van der Waals surface area contributed by atoms with Crippen LogP contribution < -0.4 is 4.74 Å². The van der Waals surface area contributed by atoms with Gasteiger partial charge in [0.15, 0.2) is 0 Å². The van der Waals surface area contributed by atoms with Crippen LogP contribution in [0.5, 0.6) is 5.75 Å². The zero-order chi connectivity index (χ0) is 16.4. The van der Waals surface area contributed by atoms with Gasteiger partial charge in [-0.05, 0) is 42.5 Å². The van der Waals surface area contributed by atoms with Crippen molar-refractivity contribution in [1.29, 1.82) is 0 Å². The van der Waals surface area contributed by atoms with Crippen LogP contribution in [0.1, 0.15) is 20.7 Å². The number of ether oxygens (including phenoxy) is 2. The Morgan fingerprint density at radius 1 is 0.957 bits per heavy atom. The monoisotopic (exact) mass is 309 g/mol. The molecule has 0 saturated heterocycles. The molecule has 0 unspecified atom stereocenters. The molecule has 1 aromatic heterocycles. The van der Waals surface area contributed by atoms with Crippen molar-refractivity contribution in [2.24, 2.45) is 0 Å². The number of hydrogen-bond acceptors (Lipinski definition) is 4. The first-order chi connectivity index (χ1) is 11.1. The number of fused-ring (bicyclic) bond motifs is 1. The summed E-state index contributed by atoms with van der Waals surface area (Å²) in [7, 11) is 2.91. The van der Waals surface area contributed by atoms with E-state index in [1.807, 2.05) is 18.2 Å². The Kier molecular flexibility index (Phi) is 3.85. The van der Waals surface area contributed by atoms with Crippen LogP contribution in [0.25, 0.3) is 10.9 Å². The lowest BCUT2D eigenvalue weighted by Gasteiger charge is -2.06. The number of methoxy groups -OCH3 is 2. The number of carbonyl (C=O) groups excluding carboxylic acids is 2. The van der Waals surface area contributed by atoms with E-state index in [4.69, 9.17) is 4.74 Å². The lowest BCUT2D eigenvalue weighted by atomic mass is 10.1. The van der Waals surface area contributed by atoms with Crippen molar-refractivity contribution in [3.05, 3.63) is 65.9 Å². The Balaban J connectivity index is 2.02. The minimum absolute atomic E-state index is 0.212. The molecule has 0 spiro atoms. The maximum Gasteiger partial charge on any atom is 0.337 e. The van der Waals surface area contributed by atoms with Gasteiger partial charge in [0.2, 0.25) is 0 Å². The third-order valence-electron chi connectivity index (χ3n) is 3.65. The molecule has 23 heavy (non-hydrogen) atoms. The summed E-state index contributed by atoms with van der Waals surface area (Å²) < 4.78 is 11.4. The number of aromatic nitrogens is 1. The molecule has 0 bridgehead atoms. The molecule has 5 nitrogen and oxygen atoms in total. The van der Waals surface area contributed by atoms with Gasteiger partial charge in [-0.25, -0.2) is 4.79 Å². The van der Waals surface area contributed by atoms with Crippen molar-refractivity contribution < 1.29 is 19.1 Å². The maximum atomic E-state index is 12.7. The van der Waals surface area contributed by atoms with Crippen LogP contribution in [-0.4, -0.2) is 30.7 Å². The molecule has 116 valence electrons. The van der Waals surface area contributed by atoms with Gasteiger partial charge in [0.1, 0.15) is 5.75 Å². The molecule has 1 heterocycles. The fourth-order valence-electron chi connectivity index (χ4n) is 2.46. The first kappa shape index (κ1) is 14.8. The average molecular weight is 309 g/mol. The number of benzene rings is 2. The van der Waals surface area contributed by atoms with Gasteiger partial charge in [0.05, 0.1) is 25.3 Å². The molecule has 0 aliphatic rings. The summed E-state index contributed by atoms with van der Waals surface area (Å²) in [6.07, 6.45) is 1.71. The standard InChI is InChI=1S/C18H15NO4/c1-22-15-6-7-16-12(11-15)8-9-19(16)17(20)13-4-3-5-14(10-13)18(21)23-2/h3-11H,1-2H3. The summed E-state index contributed by atoms with van der Waals surface area (Å²) in [5.41, 5.74) is 1.54. The molecule has 0 aliphatic carbocycles. The number of carbonyl (C=O) groups is 2. The highest BCUT2D eigenvalue weighted by molar-refractivity contribution is 6.03. The van der Waals surface area contributed by atoms with Gasteiger partial charge < -0.3 is 9.47 Å². The predicted molar refractivity (Wildman–Crippen MR) is 86.0 cm³/mol. The topological polar surface area (TPSA) is 57.5 Å². The van der Waals surface area contributed by atoms with Gasteiger partial charge in [-0.2, -0.15) is 0 Å². The lowest BCUT2D eigenvalue weighted by molar-refractivity contribution is 0.0600. The van der Waals surface area contributed by atoms with Crippen molar-refractivity contribution in [3.8, 4) is 5.75 Å². The van der Waals surface area contributed by atoms with Gasteiger partial charge in [-0.3, -0.25) is 9.36 Å². The van der Waals surface area contributed by atoms with Crippen molar-refractivity contribution >= 4 is 22.8 Å². The second-order valence-corrected chi connectivity index (χ2v) is 4.99. The first-order valence-electron chi connectivity index (χ1n) is 7.02. The predicted octanol–water partition coefficient (Wildman–Crippen LogP) is 3.13. The zero-order valence-electron chi connectivity index (χ0n) is 12.8. The van der Waals surface area contributed by atoms with Crippen molar-refractivity contribution in [2.45, 2.75) is 0 Å². The van der Waals surface area contributed by atoms with Crippen LogP contribution in [0.4, 0.5) is 0 Å². The van der Waals surface area contributed by atoms with E-state index in [2.05, 4.69) is 4.74 Å². The van der Waals surface area contributed by atoms with E-state index in [0.717, 1.165) is 16.7 Å². The largest absolute Gasteiger partial charge is 0.497 e. The molecule has 0 radical (unpaired) electrons. The van der Waals surface area contributed by atoms with E-state index in [-0.39, 0.29) is 5.91 Å². The number of rotatable bonds is 3. The summed E-state index contributed by atoms with van der Waals surface area (Å²) in [5.74, 6) is 0.0491. The lowest BCUT2D eigenvalue weighted by Crippen LogP contribution is -2.12. The number of hydrogen-bond donors (Lipinski definition) is 0. The van der Waals surface area contributed by atoms with E-state index in [0.29, 0.717) is 11.1 Å². The van der Waals surface area contributed by atoms with E-state index in [9.17, 15) is 9.59 Å². The van der Waals surface area contributed by atoms with Gasteiger partial charge in [-0.15, -0.1) is 0 Å². The van der Waals surface area contributed by atoms with Crippen LogP contribution in [0.15, 0.2) is 54.7 Å². The van der Waals surface area contributed by atoms with Gasteiger partial charge in [0, 0.05) is 17.1 Å². The molecule has 0 aliphatic heterocycles.